The van der Waals surface area contributed by atoms with E-state index in [0.717, 1.165) is 12.8 Å². The van der Waals surface area contributed by atoms with Crippen LogP contribution in [0.2, 0.25) is 0 Å². The minimum absolute atomic E-state index is 0.182. The summed E-state index contributed by atoms with van der Waals surface area (Å²) in [6, 6.07) is 3.02. The molecule has 2 rings (SSSR count). The van der Waals surface area contributed by atoms with Crippen molar-refractivity contribution in [2.75, 3.05) is 20.1 Å². The Balaban J connectivity index is 2.35. The lowest BCUT2D eigenvalue weighted by molar-refractivity contribution is 0.293. The first-order chi connectivity index (χ1) is 9.36. The highest BCUT2D eigenvalue weighted by molar-refractivity contribution is 7.89. The Hall–Kier alpha value is -0.980. The summed E-state index contributed by atoms with van der Waals surface area (Å²) in [5.41, 5.74) is 0.733. The standard InChI is InChI=1S/C14H21FN2O2S/c1-10-7-13(8-11(2)14(10)15)20(18,19)17-6-4-5-12(9-17)16-3/h7-8,12,16H,4-6,9H2,1-3H3. The van der Waals surface area contributed by atoms with E-state index >= 15 is 0 Å². The van der Waals surface area contributed by atoms with Crippen molar-refractivity contribution in [3.63, 3.8) is 0 Å². The van der Waals surface area contributed by atoms with Gasteiger partial charge in [-0.05, 0) is 57.0 Å². The maximum absolute atomic E-state index is 13.6. The molecular formula is C14H21FN2O2S. The monoisotopic (exact) mass is 300 g/mol. The molecule has 1 aliphatic rings. The molecule has 1 N–H and O–H groups in total. The summed E-state index contributed by atoms with van der Waals surface area (Å²) in [4.78, 5) is 0.186. The zero-order valence-electron chi connectivity index (χ0n) is 12.1. The summed E-state index contributed by atoms with van der Waals surface area (Å²) in [6.07, 6.45) is 1.81. The van der Waals surface area contributed by atoms with Gasteiger partial charge in [0.2, 0.25) is 10.0 Å². The Labute approximate surface area is 120 Å². The molecule has 0 aromatic heterocycles. The van der Waals surface area contributed by atoms with E-state index in [1.165, 1.54) is 16.4 Å². The van der Waals surface area contributed by atoms with Crippen LogP contribution in [0.1, 0.15) is 24.0 Å². The number of benzene rings is 1. The lowest BCUT2D eigenvalue weighted by atomic mass is 10.1. The van der Waals surface area contributed by atoms with Crippen LogP contribution in [0.3, 0.4) is 0 Å². The molecule has 0 radical (unpaired) electrons. The van der Waals surface area contributed by atoms with Gasteiger partial charge in [0.05, 0.1) is 4.90 Å². The van der Waals surface area contributed by atoms with E-state index in [0.29, 0.717) is 24.2 Å². The molecule has 0 saturated carbocycles. The molecule has 0 spiro atoms. The van der Waals surface area contributed by atoms with Gasteiger partial charge in [-0.1, -0.05) is 0 Å². The molecule has 1 atom stereocenters. The van der Waals surface area contributed by atoms with Crippen LogP contribution in [0.4, 0.5) is 4.39 Å². The number of nitrogens with one attached hydrogen (secondary N) is 1. The highest BCUT2D eigenvalue weighted by Crippen LogP contribution is 2.24. The van der Waals surface area contributed by atoms with E-state index < -0.39 is 10.0 Å². The van der Waals surface area contributed by atoms with Crippen LogP contribution in [0.5, 0.6) is 0 Å². The van der Waals surface area contributed by atoms with Gasteiger partial charge in [0.15, 0.2) is 0 Å². The number of sulfonamides is 1. The van der Waals surface area contributed by atoms with E-state index in [4.69, 9.17) is 0 Å². The molecule has 1 fully saturated rings. The molecule has 1 saturated heterocycles. The first-order valence-electron chi connectivity index (χ1n) is 6.80. The molecule has 20 heavy (non-hydrogen) atoms. The number of rotatable bonds is 3. The van der Waals surface area contributed by atoms with Crippen LogP contribution < -0.4 is 5.32 Å². The minimum Gasteiger partial charge on any atom is -0.316 e. The molecule has 0 aliphatic carbocycles. The molecule has 1 unspecified atom stereocenters. The van der Waals surface area contributed by atoms with Crippen LogP contribution in [0.15, 0.2) is 17.0 Å². The van der Waals surface area contributed by atoms with Gasteiger partial charge in [-0.25, -0.2) is 12.8 Å². The third-order valence-corrected chi connectivity index (χ3v) is 5.68. The predicted molar refractivity (Wildman–Crippen MR) is 76.7 cm³/mol. The third-order valence-electron chi connectivity index (χ3n) is 3.84. The van der Waals surface area contributed by atoms with Gasteiger partial charge in [0.1, 0.15) is 5.82 Å². The lowest BCUT2D eigenvalue weighted by Crippen LogP contribution is -2.46. The molecule has 6 heteroatoms. The van der Waals surface area contributed by atoms with Gasteiger partial charge in [-0.15, -0.1) is 0 Å². The first kappa shape index (κ1) is 15.4. The fraction of sp³-hybridized carbons (Fsp3) is 0.571. The van der Waals surface area contributed by atoms with Crippen LogP contribution in [0.25, 0.3) is 0 Å². The number of halogens is 1. The average molecular weight is 300 g/mol. The second-order valence-electron chi connectivity index (χ2n) is 5.36. The van der Waals surface area contributed by atoms with Crippen molar-refractivity contribution in [1.29, 1.82) is 0 Å². The van der Waals surface area contributed by atoms with Crippen molar-refractivity contribution in [1.82, 2.24) is 9.62 Å². The van der Waals surface area contributed by atoms with E-state index in [1.807, 2.05) is 7.05 Å². The highest BCUT2D eigenvalue weighted by atomic mass is 32.2. The fourth-order valence-electron chi connectivity index (χ4n) is 2.60. The van der Waals surface area contributed by atoms with E-state index in [9.17, 15) is 12.8 Å². The Kier molecular flexibility index (Phi) is 4.46. The lowest BCUT2D eigenvalue weighted by Gasteiger charge is -2.31. The van der Waals surface area contributed by atoms with E-state index in [-0.39, 0.29) is 16.8 Å². The van der Waals surface area contributed by atoms with Crippen molar-refractivity contribution in [3.8, 4) is 0 Å². The van der Waals surface area contributed by atoms with Crippen LogP contribution in [-0.4, -0.2) is 38.9 Å². The zero-order valence-corrected chi connectivity index (χ0v) is 12.9. The third kappa shape index (κ3) is 2.87. The number of hydrogen-bond acceptors (Lipinski definition) is 3. The molecule has 0 bridgehead atoms. The quantitative estimate of drug-likeness (QED) is 0.926. The molecule has 1 heterocycles. The molecule has 1 aromatic rings. The number of likely N-dealkylation sites (N-methyl/N-ethyl adjacent to an activating group) is 1. The zero-order chi connectivity index (χ0) is 14.9. The average Bonchev–Trinajstić information content (AvgIpc) is 2.44. The highest BCUT2D eigenvalue weighted by Gasteiger charge is 2.30. The second kappa shape index (κ2) is 5.79. The molecular weight excluding hydrogens is 279 g/mol. The van der Waals surface area contributed by atoms with Crippen LogP contribution >= 0.6 is 0 Å². The van der Waals surface area contributed by atoms with Crippen molar-refractivity contribution in [3.05, 3.63) is 29.1 Å². The van der Waals surface area contributed by atoms with Crippen molar-refractivity contribution in [2.24, 2.45) is 0 Å². The largest absolute Gasteiger partial charge is 0.316 e. The van der Waals surface area contributed by atoms with Gasteiger partial charge in [0.25, 0.3) is 0 Å². The SMILES string of the molecule is CNC1CCCN(S(=O)(=O)c2cc(C)c(F)c(C)c2)C1. The smallest absolute Gasteiger partial charge is 0.243 e. The Bertz CT molecular complexity index is 578. The molecule has 4 nitrogen and oxygen atoms in total. The molecule has 1 aliphatic heterocycles. The maximum atomic E-state index is 13.6. The Morgan fingerprint density at radius 1 is 1.30 bits per heavy atom. The van der Waals surface area contributed by atoms with Crippen LogP contribution in [-0.2, 0) is 10.0 Å². The Morgan fingerprint density at radius 2 is 1.90 bits per heavy atom. The van der Waals surface area contributed by atoms with Gasteiger partial charge >= 0.3 is 0 Å². The first-order valence-corrected chi connectivity index (χ1v) is 8.24. The summed E-state index contributed by atoms with van der Waals surface area (Å²) >= 11 is 0. The van der Waals surface area contributed by atoms with Gasteiger partial charge in [-0.2, -0.15) is 4.31 Å². The van der Waals surface area contributed by atoms with Crippen LogP contribution in [0, 0.1) is 19.7 Å². The normalized spacial score (nSPS) is 21.1. The molecule has 0 amide bonds. The Morgan fingerprint density at radius 3 is 2.45 bits per heavy atom. The van der Waals surface area contributed by atoms with Crippen molar-refractivity contribution >= 4 is 10.0 Å². The minimum atomic E-state index is -3.54. The number of aryl methyl sites for hydroxylation is 2. The summed E-state index contributed by atoms with van der Waals surface area (Å²) in [5.74, 6) is -0.337. The van der Waals surface area contributed by atoms with E-state index in [2.05, 4.69) is 5.32 Å². The maximum Gasteiger partial charge on any atom is 0.243 e. The molecule has 112 valence electrons. The van der Waals surface area contributed by atoms with Crippen molar-refractivity contribution in [2.45, 2.75) is 37.6 Å². The number of piperidine rings is 1. The second-order valence-corrected chi connectivity index (χ2v) is 7.30. The summed E-state index contributed by atoms with van der Waals surface area (Å²) < 4.78 is 40.4. The predicted octanol–water partition coefficient (Wildman–Crippen LogP) is 1.82. The van der Waals surface area contributed by atoms with Gasteiger partial charge in [-0.3, -0.25) is 0 Å². The van der Waals surface area contributed by atoms with Crippen molar-refractivity contribution < 1.29 is 12.8 Å². The summed E-state index contributed by atoms with van der Waals surface area (Å²) in [6.45, 7) is 4.17. The summed E-state index contributed by atoms with van der Waals surface area (Å²) in [7, 11) is -1.70. The molecule has 1 aromatic carbocycles. The topological polar surface area (TPSA) is 49.4 Å². The summed E-state index contributed by atoms with van der Waals surface area (Å²) in [5, 5.41) is 3.12. The van der Waals surface area contributed by atoms with Gasteiger partial charge < -0.3 is 5.32 Å². The number of nitrogens with zero attached hydrogens (tertiary/aromatic N) is 1. The van der Waals surface area contributed by atoms with E-state index in [1.54, 1.807) is 13.8 Å². The fourth-order valence-corrected chi connectivity index (χ4v) is 4.30. The van der Waals surface area contributed by atoms with Gasteiger partial charge in [0, 0.05) is 19.1 Å². The number of hydrogen-bond donors (Lipinski definition) is 1.